The lowest BCUT2D eigenvalue weighted by atomic mass is 10.1. The van der Waals surface area contributed by atoms with Crippen molar-refractivity contribution in [3.05, 3.63) is 29.8 Å². The highest BCUT2D eigenvalue weighted by molar-refractivity contribution is 8.07. The van der Waals surface area contributed by atoms with Crippen molar-refractivity contribution in [2.75, 3.05) is 13.7 Å². The van der Waals surface area contributed by atoms with E-state index in [0.717, 1.165) is 11.3 Å². The standard InChI is InChI=1S/C14H16O4S/c1-15-9-4-2-8(3-5-9)6-16-11-10-7-17-14(18-10)13-12(11)19-13/h2-5,10-14H,6-7H2,1H3/t10-,11+,12+,13+,14-/m1/s1. The summed E-state index contributed by atoms with van der Waals surface area (Å²) in [5, 5.41) is 1.05. The molecule has 5 atom stereocenters. The molecule has 0 aliphatic carbocycles. The van der Waals surface area contributed by atoms with Crippen molar-refractivity contribution in [3.8, 4) is 5.75 Å². The summed E-state index contributed by atoms with van der Waals surface area (Å²) in [5.74, 6) is 0.870. The van der Waals surface area contributed by atoms with Gasteiger partial charge in [0.2, 0.25) is 0 Å². The van der Waals surface area contributed by atoms with E-state index < -0.39 is 0 Å². The van der Waals surface area contributed by atoms with Crippen LogP contribution in [-0.4, -0.2) is 42.7 Å². The molecule has 3 aliphatic heterocycles. The Kier molecular flexibility index (Phi) is 2.95. The molecule has 3 aliphatic rings. The summed E-state index contributed by atoms with van der Waals surface area (Å²) in [5.41, 5.74) is 1.16. The summed E-state index contributed by atoms with van der Waals surface area (Å²) >= 11 is 1.92. The minimum Gasteiger partial charge on any atom is -0.497 e. The van der Waals surface area contributed by atoms with Gasteiger partial charge in [0, 0.05) is 0 Å². The largest absolute Gasteiger partial charge is 0.497 e. The SMILES string of the molecule is COc1ccc(CO[C@@H]2[C@@H]3S[C@@H]3[C@@H]3OC[C@H]2O3)cc1. The van der Waals surface area contributed by atoms with Gasteiger partial charge in [0.15, 0.2) is 6.29 Å². The Labute approximate surface area is 116 Å². The molecule has 0 N–H and O–H groups in total. The molecule has 3 heterocycles. The van der Waals surface area contributed by atoms with Gasteiger partial charge in [0.25, 0.3) is 0 Å². The third-order valence-corrected chi connectivity index (χ3v) is 5.25. The first-order valence-corrected chi connectivity index (χ1v) is 7.46. The van der Waals surface area contributed by atoms with Crippen LogP contribution in [0.4, 0.5) is 0 Å². The fourth-order valence-corrected chi connectivity index (χ4v) is 3.97. The number of fused-ring (bicyclic) bond motifs is 4. The first-order valence-electron chi connectivity index (χ1n) is 6.52. The van der Waals surface area contributed by atoms with Crippen LogP contribution in [0.1, 0.15) is 5.56 Å². The number of hydrogen-bond donors (Lipinski definition) is 0. The Morgan fingerprint density at radius 3 is 2.89 bits per heavy atom. The van der Waals surface area contributed by atoms with Crippen molar-refractivity contribution in [2.45, 2.75) is 35.6 Å². The van der Waals surface area contributed by atoms with E-state index in [-0.39, 0.29) is 18.5 Å². The lowest BCUT2D eigenvalue weighted by Gasteiger charge is -2.25. The van der Waals surface area contributed by atoms with Gasteiger partial charge in [0.05, 0.1) is 36.9 Å². The van der Waals surface area contributed by atoms with E-state index in [2.05, 4.69) is 0 Å². The molecule has 102 valence electrons. The maximum Gasteiger partial charge on any atom is 0.171 e. The Bertz CT molecular complexity index is 463. The molecule has 3 saturated heterocycles. The van der Waals surface area contributed by atoms with E-state index in [9.17, 15) is 0 Å². The number of methoxy groups -OCH3 is 1. The summed E-state index contributed by atoms with van der Waals surface area (Å²) in [4.78, 5) is 0. The van der Waals surface area contributed by atoms with Crippen molar-refractivity contribution >= 4 is 11.8 Å². The molecule has 0 aromatic heterocycles. The van der Waals surface area contributed by atoms with Gasteiger partial charge in [-0.1, -0.05) is 12.1 Å². The second-order valence-electron chi connectivity index (χ2n) is 5.07. The van der Waals surface area contributed by atoms with Crippen LogP contribution in [0.3, 0.4) is 0 Å². The Balaban J connectivity index is 1.39. The fraction of sp³-hybridized carbons (Fsp3) is 0.571. The van der Waals surface area contributed by atoms with Gasteiger partial charge in [-0.25, -0.2) is 0 Å². The highest BCUT2D eigenvalue weighted by atomic mass is 32.2. The highest BCUT2D eigenvalue weighted by Gasteiger charge is 2.61. The molecule has 4 rings (SSSR count). The number of thioether (sulfide) groups is 1. The monoisotopic (exact) mass is 280 g/mol. The average molecular weight is 280 g/mol. The predicted octanol–water partition coefficient (Wildman–Crippen LogP) is 1.82. The quantitative estimate of drug-likeness (QED) is 0.786. The van der Waals surface area contributed by atoms with E-state index in [1.165, 1.54) is 0 Å². The lowest BCUT2D eigenvalue weighted by Crippen LogP contribution is -2.41. The Morgan fingerprint density at radius 2 is 2.11 bits per heavy atom. The molecule has 1 aromatic carbocycles. The topological polar surface area (TPSA) is 36.9 Å². The molecule has 5 heteroatoms. The summed E-state index contributed by atoms with van der Waals surface area (Å²) in [6.07, 6.45) is 0.288. The van der Waals surface area contributed by atoms with Crippen molar-refractivity contribution < 1.29 is 18.9 Å². The Hall–Kier alpha value is -0.750. The van der Waals surface area contributed by atoms with Gasteiger partial charge in [-0.2, -0.15) is 0 Å². The molecule has 19 heavy (non-hydrogen) atoms. The minimum atomic E-state index is 0.0147. The fourth-order valence-electron chi connectivity index (χ4n) is 2.73. The van der Waals surface area contributed by atoms with Gasteiger partial charge >= 0.3 is 0 Å². The summed E-state index contributed by atoms with van der Waals surface area (Å²) in [6.45, 7) is 1.29. The smallest absolute Gasteiger partial charge is 0.171 e. The van der Waals surface area contributed by atoms with E-state index in [0.29, 0.717) is 23.7 Å². The minimum absolute atomic E-state index is 0.0147. The summed E-state index contributed by atoms with van der Waals surface area (Å²) in [7, 11) is 1.67. The normalized spacial score (nSPS) is 38.9. The molecule has 1 aromatic rings. The van der Waals surface area contributed by atoms with Crippen molar-refractivity contribution in [3.63, 3.8) is 0 Å². The molecule has 0 spiro atoms. The zero-order chi connectivity index (χ0) is 12.8. The summed E-state index contributed by atoms with van der Waals surface area (Å²) < 4.78 is 22.6. The van der Waals surface area contributed by atoms with E-state index in [1.807, 2.05) is 36.0 Å². The van der Waals surface area contributed by atoms with Gasteiger partial charge in [0.1, 0.15) is 11.9 Å². The molecule has 0 saturated carbocycles. The maximum atomic E-state index is 6.06. The highest BCUT2D eigenvalue weighted by Crippen LogP contribution is 2.54. The average Bonchev–Trinajstić information content (AvgIpc) is 3.14. The molecular weight excluding hydrogens is 264 g/mol. The molecule has 2 bridgehead atoms. The van der Waals surface area contributed by atoms with Crippen LogP contribution < -0.4 is 4.74 Å². The third-order valence-electron chi connectivity index (χ3n) is 3.86. The van der Waals surface area contributed by atoms with Crippen LogP contribution in [0.25, 0.3) is 0 Å². The zero-order valence-electron chi connectivity index (χ0n) is 10.7. The van der Waals surface area contributed by atoms with Gasteiger partial charge in [-0.15, -0.1) is 11.8 Å². The molecular formula is C14H16O4S. The van der Waals surface area contributed by atoms with Crippen molar-refractivity contribution in [2.24, 2.45) is 0 Å². The van der Waals surface area contributed by atoms with Crippen molar-refractivity contribution in [1.29, 1.82) is 0 Å². The predicted molar refractivity (Wildman–Crippen MR) is 71.4 cm³/mol. The molecule has 0 radical (unpaired) electrons. The number of ether oxygens (including phenoxy) is 4. The van der Waals surface area contributed by atoms with E-state index in [1.54, 1.807) is 7.11 Å². The van der Waals surface area contributed by atoms with Crippen LogP contribution in [0.5, 0.6) is 5.75 Å². The van der Waals surface area contributed by atoms with Crippen molar-refractivity contribution in [1.82, 2.24) is 0 Å². The Morgan fingerprint density at radius 1 is 1.26 bits per heavy atom. The third kappa shape index (κ3) is 2.14. The van der Waals surface area contributed by atoms with Gasteiger partial charge in [-0.05, 0) is 17.7 Å². The zero-order valence-corrected chi connectivity index (χ0v) is 11.5. The van der Waals surface area contributed by atoms with Crippen LogP contribution >= 0.6 is 11.8 Å². The van der Waals surface area contributed by atoms with Gasteiger partial charge < -0.3 is 18.9 Å². The summed E-state index contributed by atoms with van der Waals surface area (Å²) in [6, 6.07) is 7.99. The van der Waals surface area contributed by atoms with E-state index >= 15 is 0 Å². The number of hydrogen-bond acceptors (Lipinski definition) is 5. The van der Waals surface area contributed by atoms with Gasteiger partial charge in [-0.3, -0.25) is 0 Å². The first kappa shape index (κ1) is 12.0. The second kappa shape index (κ2) is 4.66. The lowest BCUT2D eigenvalue weighted by molar-refractivity contribution is -0.121. The molecule has 4 nitrogen and oxygen atoms in total. The molecule has 0 amide bonds. The maximum absolute atomic E-state index is 6.06. The number of benzene rings is 1. The second-order valence-corrected chi connectivity index (χ2v) is 6.43. The van der Waals surface area contributed by atoms with E-state index in [4.69, 9.17) is 18.9 Å². The van der Waals surface area contributed by atoms with Crippen LogP contribution in [0, 0.1) is 0 Å². The number of rotatable bonds is 4. The molecule has 0 unspecified atom stereocenters. The first-order chi connectivity index (χ1) is 9.35. The van der Waals surface area contributed by atoms with Crippen LogP contribution in [-0.2, 0) is 20.8 Å². The van der Waals surface area contributed by atoms with Crippen LogP contribution in [0.15, 0.2) is 24.3 Å². The van der Waals surface area contributed by atoms with Crippen LogP contribution in [0.2, 0.25) is 0 Å². The molecule has 3 fully saturated rings.